The minimum absolute atomic E-state index is 0.218. The van der Waals surface area contributed by atoms with Crippen LogP contribution in [0.3, 0.4) is 0 Å². The second-order valence-electron chi connectivity index (χ2n) is 2.06. The maximum atomic E-state index is 10.0. The van der Waals surface area contributed by atoms with Crippen LogP contribution in [0.1, 0.15) is 20.8 Å². The molecule has 5 N–H and O–H groups in total. The van der Waals surface area contributed by atoms with Crippen LogP contribution >= 0.6 is 0 Å². The van der Waals surface area contributed by atoms with Crippen molar-refractivity contribution in [3.05, 3.63) is 0 Å². The first kappa shape index (κ1) is 13.9. The maximum Gasteiger partial charge on any atom is 0.235 e. The van der Waals surface area contributed by atoms with Crippen molar-refractivity contribution in [2.24, 2.45) is 5.84 Å². The molecule has 0 aromatic carbocycles. The molecule has 0 radical (unpaired) electrons. The van der Waals surface area contributed by atoms with E-state index in [1.54, 1.807) is 0 Å². The van der Waals surface area contributed by atoms with Crippen LogP contribution in [-0.2, 0) is 14.4 Å². The first-order valence-electron chi connectivity index (χ1n) is 3.40. The second-order valence-corrected chi connectivity index (χ2v) is 2.06. The molecule has 0 aliphatic rings. The number of hydrazine groups is 2. The SMILES string of the molecule is CC(=O)NN.CC(=O)NNC(C)=O. The van der Waals surface area contributed by atoms with Gasteiger partial charge in [0.1, 0.15) is 0 Å². The zero-order valence-corrected chi connectivity index (χ0v) is 7.80. The van der Waals surface area contributed by atoms with Gasteiger partial charge in [-0.3, -0.25) is 30.7 Å². The van der Waals surface area contributed by atoms with Crippen LogP contribution < -0.4 is 22.1 Å². The van der Waals surface area contributed by atoms with Gasteiger partial charge in [-0.15, -0.1) is 0 Å². The Labute approximate surface area is 76.0 Å². The van der Waals surface area contributed by atoms with E-state index in [1.165, 1.54) is 20.8 Å². The Morgan fingerprint density at radius 3 is 1.15 bits per heavy atom. The second kappa shape index (κ2) is 8.47. The summed E-state index contributed by atoms with van der Waals surface area (Å²) in [4.78, 5) is 29.6. The van der Waals surface area contributed by atoms with Gasteiger partial charge in [-0.2, -0.15) is 0 Å². The zero-order valence-electron chi connectivity index (χ0n) is 7.80. The molecule has 0 spiro atoms. The standard InChI is InChI=1S/C4H8N2O2.C2H6N2O/c1-3(7)5-6-4(2)8;1-2(5)4-3/h1-2H3,(H,5,7)(H,6,8);3H2,1H3,(H,4,5). The zero-order chi connectivity index (χ0) is 10.9. The van der Waals surface area contributed by atoms with Crippen molar-refractivity contribution >= 4 is 17.7 Å². The van der Waals surface area contributed by atoms with Gasteiger partial charge in [0.25, 0.3) is 0 Å². The smallest absolute Gasteiger partial charge is 0.235 e. The highest BCUT2D eigenvalue weighted by molar-refractivity contribution is 5.78. The van der Waals surface area contributed by atoms with Crippen LogP contribution in [0, 0.1) is 0 Å². The van der Waals surface area contributed by atoms with Crippen LogP contribution in [0.15, 0.2) is 0 Å². The molecule has 76 valence electrons. The number of hydrogen-bond acceptors (Lipinski definition) is 4. The third kappa shape index (κ3) is 25.2. The van der Waals surface area contributed by atoms with Gasteiger partial charge in [-0.1, -0.05) is 0 Å². The number of carbonyl (C=O) groups is 3. The topological polar surface area (TPSA) is 113 Å². The Bertz CT molecular complexity index is 178. The van der Waals surface area contributed by atoms with E-state index in [9.17, 15) is 14.4 Å². The lowest BCUT2D eigenvalue weighted by molar-refractivity contribution is -0.126. The van der Waals surface area contributed by atoms with Gasteiger partial charge < -0.3 is 0 Å². The van der Waals surface area contributed by atoms with Crippen molar-refractivity contribution in [1.29, 1.82) is 0 Å². The van der Waals surface area contributed by atoms with Gasteiger partial charge in [-0.25, -0.2) is 5.84 Å². The predicted molar refractivity (Wildman–Crippen MR) is 45.6 cm³/mol. The summed E-state index contributed by atoms with van der Waals surface area (Å²) in [6.45, 7) is 3.98. The number of hydrogen-bond donors (Lipinski definition) is 4. The molecule has 0 unspecified atom stereocenters. The molecule has 0 aliphatic heterocycles. The lowest BCUT2D eigenvalue weighted by atomic mass is 10.7. The van der Waals surface area contributed by atoms with E-state index >= 15 is 0 Å². The van der Waals surface area contributed by atoms with Crippen molar-refractivity contribution in [3.63, 3.8) is 0 Å². The summed E-state index contributed by atoms with van der Waals surface area (Å²) in [7, 11) is 0. The molecule has 0 atom stereocenters. The van der Waals surface area contributed by atoms with Gasteiger partial charge in [0, 0.05) is 20.8 Å². The largest absolute Gasteiger partial charge is 0.295 e. The minimum atomic E-state index is -0.278. The molecular weight excluding hydrogens is 176 g/mol. The van der Waals surface area contributed by atoms with Crippen molar-refractivity contribution < 1.29 is 14.4 Å². The highest BCUT2D eigenvalue weighted by Crippen LogP contribution is 1.54. The van der Waals surface area contributed by atoms with Crippen molar-refractivity contribution in [2.75, 3.05) is 0 Å². The van der Waals surface area contributed by atoms with Crippen LogP contribution in [0.25, 0.3) is 0 Å². The van der Waals surface area contributed by atoms with E-state index < -0.39 is 0 Å². The Kier molecular flexibility index (Phi) is 9.07. The Balaban J connectivity index is 0. The van der Waals surface area contributed by atoms with Crippen molar-refractivity contribution in [1.82, 2.24) is 16.3 Å². The molecule has 7 nitrogen and oxygen atoms in total. The van der Waals surface area contributed by atoms with Gasteiger partial charge in [0.2, 0.25) is 17.7 Å². The highest BCUT2D eigenvalue weighted by Gasteiger charge is 1.88. The highest BCUT2D eigenvalue weighted by atomic mass is 16.2. The van der Waals surface area contributed by atoms with Crippen molar-refractivity contribution in [3.8, 4) is 0 Å². The van der Waals surface area contributed by atoms with E-state index in [1.807, 2.05) is 5.43 Å². The lowest BCUT2D eigenvalue weighted by Crippen LogP contribution is -2.38. The normalized spacial score (nSPS) is 7.38. The quantitative estimate of drug-likeness (QED) is 0.204. The number of carbonyl (C=O) groups excluding carboxylic acids is 3. The molecule has 0 aromatic rings. The lowest BCUT2D eigenvalue weighted by Gasteiger charge is -1.97. The molecule has 0 heterocycles. The average molecular weight is 190 g/mol. The van der Waals surface area contributed by atoms with Gasteiger partial charge in [0.05, 0.1) is 0 Å². The van der Waals surface area contributed by atoms with Gasteiger partial charge in [-0.05, 0) is 0 Å². The van der Waals surface area contributed by atoms with Crippen LogP contribution in [0.5, 0.6) is 0 Å². The fourth-order valence-electron chi connectivity index (χ4n) is 0.176. The summed E-state index contributed by atoms with van der Waals surface area (Å²) in [5.74, 6) is 3.80. The number of rotatable bonds is 0. The van der Waals surface area contributed by atoms with E-state index in [2.05, 4.69) is 16.7 Å². The molecule has 0 rings (SSSR count). The maximum absolute atomic E-state index is 10.0. The average Bonchev–Trinajstić information content (AvgIpc) is 2.02. The summed E-state index contributed by atoms with van der Waals surface area (Å²) < 4.78 is 0. The monoisotopic (exact) mass is 190 g/mol. The van der Waals surface area contributed by atoms with Crippen LogP contribution in [0.4, 0.5) is 0 Å². The molecule has 0 aliphatic carbocycles. The van der Waals surface area contributed by atoms with Crippen LogP contribution in [0.2, 0.25) is 0 Å². The summed E-state index contributed by atoms with van der Waals surface area (Å²) >= 11 is 0. The minimum Gasteiger partial charge on any atom is -0.295 e. The molecule has 0 bridgehead atoms. The first-order chi connectivity index (χ1) is 5.90. The molecule has 0 aromatic heterocycles. The molecule has 13 heavy (non-hydrogen) atoms. The Hall–Kier alpha value is -1.63. The molecule has 3 amide bonds. The van der Waals surface area contributed by atoms with E-state index in [4.69, 9.17) is 0 Å². The fraction of sp³-hybridized carbons (Fsp3) is 0.500. The third-order valence-electron chi connectivity index (χ3n) is 0.618. The first-order valence-corrected chi connectivity index (χ1v) is 3.40. The third-order valence-corrected chi connectivity index (χ3v) is 0.618. The fourth-order valence-corrected chi connectivity index (χ4v) is 0.176. The van der Waals surface area contributed by atoms with E-state index in [0.29, 0.717) is 0 Å². The summed E-state index contributed by atoms with van der Waals surface area (Å²) in [5, 5.41) is 0. The number of amides is 3. The molecule has 0 saturated heterocycles. The Morgan fingerprint density at radius 2 is 1.08 bits per heavy atom. The van der Waals surface area contributed by atoms with Gasteiger partial charge in [0.15, 0.2) is 0 Å². The molecular formula is C6H14N4O3. The summed E-state index contributed by atoms with van der Waals surface area (Å²) in [5.41, 5.74) is 6.10. The van der Waals surface area contributed by atoms with Crippen LogP contribution in [-0.4, -0.2) is 17.7 Å². The van der Waals surface area contributed by atoms with E-state index in [-0.39, 0.29) is 17.7 Å². The predicted octanol–water partition coefficient (Wildman–Crippen LogP) is -1.83. The van der Waals surface area contributed by atoms with Gasteiger partial charge >= 0.3 is 0 Å². The summed E-state index contributed by atoms with van der Waals surface area (Å²) in [6.07, 6.45) is 0. The molecule has 7 heteroatoms. The summed E-state index contributed by atoms with van der Waals surface area (Å²) in [6, 6.07) is 0. The Morgan fingerprint density at radius 1 is 0.846 bits per heavy atom. The molecule has 0 fully saturated rings. The molecule has 0 saturated carbocycles. The van der Waals surface area contributed by atoms with Crippen molar-refractivity contribution in [2.45, 2.75) is 20.8 Å². The number of nitrogens with one attached hydrogen (secondary N) is 3. The number of nitrogens with two attached hydrogens (primary N) is 1. The van der Waals surface area contributed by atoms with E-state index in [0.717, 1.165) is 0 Å².